The summed E-state index contributed by atoms with van der Waals surface area (Å²) >= 11 is 0. The Balaban J connectivity index is 2.72. The highest BCUT2D eigenvalue weighted by atomic mass is 16.6. The molecule has 0 atom stereocenters. The van der Waals surface area contributed by atoms with Gasteiger partial charge in [0.25, 0.3) is 0 Å². The lowest BCUT2D eigenvalue weighted by molar-refractivity contribution is 0.0635. The smallest absolute Gasteiger partial charge is 0.412 e. The van der Waals surface area contributed by atoms with E-state index in [1.807, 2.05) is 0 Å². The van der Waals surface area contributed by atoms with Crippen molar-refractivity contribution in [2.75, 3.05) is 10.7 Å². The highest BCUT2D eigenvalue weighted by Crippen LogP contribution is 2.26. The fourth-order valence-corrected chi connectivity index (χ4v) is 1.14. The monoisotopic (exact) mass is 239 g/mol. The number of phenolic OH excluding ortho intramolecular Hbond substituents is 1. The van der Waals surface area contributed by atoms with Crippen LogP contribution in [0.5, 0.6) is 5.75 Å². The van der Waals surface area contributed by atoms with Crippen LogP contribution in [0.2, 0.25) is 0 Å². The number of nitrogens with two attached hydrogens (primary N) is 1. The van der Waals surface area contributed by atoms with Gasteiger partial charge < -0.3 is 15.3 Å². The molecule has 6 nitrogen and oxygen atoms in total. The molecular formula is C11H17N3O3. The van der Waals surface area contributed by atoms with Gasteiger partial charge in [0, 0.05) is 6.07 Å². The highest BCUT2D eigenvalue weighted by molar-refractivity contribution is 5.87. The van der Waals surface area contributed by atoms with Crippen molar-refractivity contribution in [2.45, 2.75) is 26.4 Å². The number of carbonyl (C=O) groups is 1. The summed E-state index contributed by atoms with van der Waals surface area (Å²) in [6.45, 7) is 5.27. The lowest BCUT2D eigenvalue weighted by atomic mass is 10.2. The Morgan fingerprint density at radius 3 is 2.53 bits per heavy atom. The fourth-order valence-electron chi connectivity index (χ4n) is 1.14. The average molecular weight is 239 g/mol. The standard InChI is InChI=1S/C11H17N3O3/c1-11(2,3)17-10(16)13-8-5-4-7(14-12)6-9(8)15/h4-6,14-15H,12H2,1-3H3,(H,13,16). The van der Waals surface area contributed by atoms with Crippen molar-refractivity contribution >= 4 is 17.5 Å². The fraction of sp³-hybridized carbons (Fsp3) is 0.364. The molecule has 5 N–H and O–H groups in total. The first-order valence-corrected chi connectivity index (χ1v) is 5.11. The number of hydrogen-bond donors (Lipinski definition) is 4. The van der Waals surface area contributed by atoms with Gasteiger partial charge in [-0.15, -0.1) is 0 Å². The minimum absolute atomic E-state index is 0.0914. The van der Waals surface area contributed by atoms with E-state index in [0.717, 1.165) is 0 Å². The number of nitrogen functional groups attached to an aromatic ring is 1. The number of nitrogens with one attached hydrogen (secondary N) is 2. The number of aromatic hydroxyl groups is 1. The van der Waals surface area contributed by atoms with Crippen LogP contribution in [0.1, 0.15) is 20.8 Å². The summed E-state index contributed by atoms with van der Waals surface area (Å²) in [4.78, 5) is 11.5. The van der Waals surface area contributed by atoms with Crippen LogP contribution in [0.15, 0.2) is 18.2 Å². The lowest BCUT2D eigenvalue weighted by Gasteiger charge is -2.20. The second-order valence-corrected chi connectivity index (χ2v) is 4.50. The van der Waals surface area contributed by atoms with E-state index in [1.54, 1.807) is 26.8 Å². The predicted molar refractivity (Wildman–Crippen MR) is 65.8 cm³/mol. The largest absolute Gasteiger partial charge is 0.506 e. The summed E-state index contributed by atoms with van der Waals surface area (Å²) in [6, 6.07) is 4.54. The van der Waals surface area contributed by atoms with Crippen LogP contribution in [-0.4, -0.2) is 16.8 Å². The van der Waals surface area contributed by atoms with Crippen LogP contribution in [0.3, 0.4) is 0 Å². The second-order valence-electron chi connectivity index (χ2n) is 4.50. The lowest BCUT2D eigenvalue weighted by Crippen LogP contribution is -2.27. The molecule has 1 amide bonds. The molecule has 1 aromatic rings. The summed E-state index contributed by atoms with van der Waals surface area (Å²) in [7, 11) is 0. The zero-order chi connectivity index (χ0) is 13.1. The van der Waals surface area contributed by atoms with Crippen molar-refractivity contribution in [3.63, 3.8) is 0 Å². The Morgan fingerprint density at radius 1 is 1.41 bits per heavy atom. The Morgan fingerprint density at radius 2 is 2.06 bits per heavy atom. The minimum Gasteiger partial charge on any atom is -0.506 e. The van der Waals surface area contributed by atoms with Gasteiger partial charge in [0.2, 0.25) is 0 Å². The number of ether oxygens (including phenoxy) is 1. The minimum atomic E-state index is -0.624. The van der Waals surface area contributed by atoms with Crippen LogP contribution >= 0.6 is 0 Å². The third-order valence-electron chi connectivity index (χ3n) is 1.80. The Labute approximate surface area is 99.7 Å². The predicted octanol–water partition coefficient (Wildman–Crippen LogP) is 2.02. The molecule has 0 radical (unpaired) electrons. The molecule has 0 aliphatic carbocycles. The number of hydrogen-bond acceptors (Lipinski definition) is 5. The molecule has 0 bridgehead atoms. The molecule has 6 heteroatoms. The summed E-state index contributed by atoms with van der Waals surface area (Å²) in [5, 5.41) is 12.0. The molecule has 0 fully saturated rings. The van der Waals surface area contributed by atoms with E-state index in [-0.39, 0.29) is 11.4 Å². The summed E-state index contributed by atoms with van der Waals surface area (Å²) in [6.07, 6.45) is -0.624. The van der Waals surface area contributed by atoms with E-state index >= 15 is 0 Å². The molecule has 0 aromatic heterocycles. The van der Waals surface area contributed by atoms with E-state index in [4.69, 9.17) is 10.6 Å². The zero-order valence-electron chi connectivity index (χ0n) is 10.1. The molecule has 0 aliphatic rings. The van der Waals surface area contributed by atoms with Gasteiger partial charge in [-0.3, -0.25) is 11.2 Å². The summed E-state index contributed by atoms with van der Waals surface area (Å²) < 4.78 is 5.05. The number of carbonyl (C=O) groups excluding carboxylic acids is 1. The van der Waals surface area contributed by atoms with Gasteiger partial charge in [-0.05, 0) is 32.9 Å². The van der Waals surface area contributed by atoms with Crippen LogP contribution in [0, 0.1) is 0 Å². The molecular weight excluding hydrogens is 222 g/mol. The van der Waals surface area contributed by atoms with E-state index < -0.39 is 11.7 Å². The number of phenols is 1. The van der Waals surface area contributed by atoms with Crippen molar-refractivity contribution < 1.29 is 14.6 Å². The molecule has 17 heavy (non-hydrogen) atoms. The molecule has 0 unspecified atom stereocenters. The van der Waals surface area contributed by atoms with Crippen molar-refractivity contribution in [2.24, 2.45) is 5.84 Å². The first-order chi connectivity index (χ1) is 7.81. The molecule has 0 aliphatic heterocycles. The van der Waals surface area contributed by atoms with E-state index in [0.29, 0.717) is 5.69 Å². The quantitative estimate of drug-likeness (QED) is 0.359. The van der Waals surface area contributed by atoms with Gasteiger partial charge in [-0.1, -0.05) is 0 Å². The topological polar surface area (TPSA) is 96.6 Å². The van der Waals surface area contributed by atoms with Crippen LogP contribution < -0.4 is 16.6 Å². The van der Waals surface area contributed by atoms with Crippen LogP contribution in [0.25, 0.3) is 0 Å². The van der Waals surface area contributed by atoms with Crippen molar-refractivity contribution in [1.29, 1.82) is 0 Å². The molecule has 0 heterocycles. The molecule has 0 spiro atoms. The number of anilines is 2. The molecule has 0 saturated carbocycles. The molecule has 1 rings (SSSR count). The number of hydrazine groups is 1. The Kier molecular flexibility index (Phi) is 3.80. The second kappa shape index (κ2) is 4.92. The Hall–Kier alpha value is -1.95. The number of amides is 1. The summed E-state index contributed by atoms with van der Waals surface area (Å²) in [5.74, 6) is 5.09. The molecule has 1 aromatic carbocycles. The van der Waals surface area contributed by atoms with E-state index in [2.05, 4.69) is 10.7 Å². The first kappa shape index (κ1) is 13.1. The van der Waals surface area contributed by atoms with E-state index in [1.165, 1.54) is 12.1 Å². The highest BCUT2D eigenvalue weighted by Gasteiger charge is 2.17. The normalized spacial score (nSPS) is 10.8. The Bertz CT molecular complexity index is 413. The SMILES string of the molecule is CC(C)(C)OC(=O)Nc1ccc(NN)cc1O. The maximum atomic E-state index is 11.5. The van der Waals surface area contributed by atoms with Gasteiger partial charge in [-0.2, -0.15) is 0 Å². The third kappa shape index (κ3) is 4.20. The van der Waals surface area contributed by atoms with E-state index in [9.17, 15) is 9.90 Å². The van der Waals surface area contributed by atoms with Gasteiger partial charge >= 0.3 is 6.09 Å². The van der Waals surface area contributed by atoms with Gasteiger partial charge in [0.05, 0.1) is 11.4 Å². The summed E-state index contributed by atoms with van der Waals surface area (Å²) in [5.41, 5.74) is 2.60. The maximum absolute atomic E-state index is 11.5. The van der Waals surface area contributed by atoms with Crippen molar-refractivity contribution in [1.82, 2.24) is 0 Å². The van der Waals surface area contributed by atoms with Crippen molar-refractivity contribution in [3.8, 4) is 5.75 Å². The van der Waals surface area contributed by atoms with Crippen molar-refractivity contribution in [3.05, 3.63) is 18.2 Å². The van der Waals surface area contributed by atoms with Crippen LogP contribution in [0.4, 0.5) is 16.2 Å². The number of benzene rings is 1. The molecule has 94 valence electrons. The average Bonchev–Trinajstić information content (AvgIpc) is 2.18. The molecule has 0 saturated heterocycles. The first-order valence-electron chi connectivity index (χ1n) is 5.11. The van der Waals surface area contributed by atoms with Crippen LogP contribution in [-0.2, 0) is 4.74 Å². The zero-order valence-corrected chi connectivity index (χ0v) is 10.1. The third-order valence-corrected chi connectivity index (χ3v) is 1.80. The van der Waals surface area contributed by atoms with Gasteiger partial charge in [0.1, 0.15) is 11.4 Å². The van der Waals surface area contributed by atoms with Gasteiger partial charge in [-0.25, -0.2) is 4.79 Å². The maximum Gasteiger partial charge on any atom is 0.412 e. The van der Waals surface area contributed by atoms with Gasteiger partial charge in [0.15, 0.2) is 0 Å². The number of rotatable bonds is 2.